The molecule has 104 valence electrons. The van der Waals surface area contributed by atoms with Gasteiger partial charge in [0.15, 0.2) is 0 Å². The zero-order valence-corrected chi connectivity index (χ0v) is 12.5. The first-order valence-electron chi connectivity index (χ1n) is 6.10. The Hall–Kier alpha value is -2.83. The predicted molar refractivity (Wildman–Crippen MR) is 86.2 cm³/mol. The van der Waals surface area contributed by atoms with E-state index in [0.29, 0.717) is 10.0 Å². The van der Waals surface area contributed by atoms with E-state index in [1.165, 1.54) is 0 Å². The summed E-state index contributed by atoms with van der Waals surface area (Å²) in [5.41, 5.74) is 8.17. The Morgan fingerprint density at radius 3 is 2.29 bits per heavy atom. The molecule has 0 fully saturated rings. The van der Waals surface area contributed by atoms with Crippen LogP contribution in [-0.2, 0) is 0 Å². The maximum absolute atomic E-state index is 9.11. The summed E-state index contributed by atoms with van der Waals surface area (Å²) >= 11 is 1.14. The van der Waals surface area contributed by atoms with Crippen LogP contribution in [0.15, 0.2) is 29.3 Å². The van der Waals surface area contributed by atoms with Crippen LogP contribution in [0.4, 0.5) is 15.7 Å². The molecule has 1 heterocycles. The standard InChI is InChI=1S/C15H13N5S/c1-20(2)11-5-3-10(4-6-11)9-19-15-13(8-17)12(7-16)14(18)21-15/h3-6,9H,18H2,1-2H3/b19-9+. The van der Waals surface area contributed by atoms with Crippen LogP contribution >= 0.6 is 11.3 Å². The Balaban J connectivity index is 2.30. The molecule has 6 heteroatoms. The average Bonchev–Trinajstić information content (AvgIpc) is 2.80. The van der Waals surface area contributed by atoms with Gasteiger partial charge in [0, 0.05) is 26.0 Å². The Kier molecular flexibility index (Phi) is 4.22. The third kappa shape index (κ3) is 3.02. The van der Waals surface area contributed by atoms with Gasteiger partial charge in [0.25, 0.3) is 0 Å². The van der Waals surface area contributed by atoms with E-state index in [4.69, 9.17) is 16.3 Å². The van der Waals surface area contributed by atoms with Gasteiger partial charge in [0.2, 0.25) is 0 Å². The van der Waals surface area contributed by atoms with Crippen LogP contribution in [-0.4, -0.2) is 20.3 Å². The van der Waals surface area contributed by atoms with Crippen molar-refractivity contribution in [2.45, 2.75) is 0 Å². The lowest BCUT2D eigenvalue weighted by atomic mass is 10.2. The molecule has 0 aliphatic carbocycles. The second-order valence-corrected chi connectivity index (χ2v) is 5.52. The van der Waals surface area contributed by atoms with E-state index >= 15 is 0 Å². The van der Waals surface area contributed by atoms with Crippen molar-refractivity contribution in [2.24, 2.45) is 4.99 Å². The van der Waals surface area contributed by atoms with Crippen molar-refractivity contribution in [2.75, 3.05) is 24.7 Å². The molecule has 5 nitrogen and oxygen atoms in total. The SMILES string of the molecule is CN(C)c1ccc(/C=N/c2sc(N)c(C#N)c2C#N)cc1. The number of hydrogen-bond acceptors (Lipinski definition) is 6. The summed E-state index contributed by atoms with van der Waals surface area (Å²) in [7, 11) is 3.94. The molecule has 21 heavy (non-hydrogen) atoms. The predicted octanol–water partition coefficient (Wildman–Crippen LogP) is 2.89. The Bertz CT molecular complexity index is 757. The number of aliphatic imine (C=N–C) groups is 1. The molecule has 1 aromatic heterocycles. The fourth-order valence-corrected chi connectivity index (χ4v) is 2.55. The Morgan fingerprint density at radius 2 is 1.76 bits per heavy atom. The van der Waals surface area contributed by atoms with Crippen molar-refractivity contribution in [3.05, 3.63) is 41.0 Å². The minimum absolute atomic E-state index is 0.206. The molecule has 0 bridgehead atoms. The average molecular weight is 295 g/mol. The van der Waals surface area contributed by atoms with Gasteiger partial charge in [-0.15, -0.1) is 0 Å². The summed E-state index contributed by atoms with van der Waals surface area (Å²) in [4.78, 5) is 6.29. The highest BCUT2D eigenvalue weighted by Crippen LogP contribution is 2.36. The number of nitrogens with two attached hydrogens (primary N) is 1. The molecule has 0 aliphatic heterocycles. The normalized spacial score (nSPS) is 10.3. The lowest BCUT2D eigenvalue weighted by Crippen LogP contribution is -2.08. The van der Waals surface area contributed by atoms with E-state index in [2.05, 4.69) is 4.99 Å². The topological polar surface area (TPSA) is 89.2 Å². The second-order valence-electron chi connectivity index (χ2n) is 4.49. The van der Waals surface area contributed by atoms with Gasteiger partial charge in [0.1, 0.15) is 33.3 Å². The molecule has 0 atom stereocenters. The summed E-state index contributed by atoms with van der Waals surface area (Å²) in [6, 6.07) is 11.8. The fraction of sp³-hybridized carbons (Fsp3) is 0.133. The van der Waals surface area contributed by atoms with Gasteiger partial charge in [-0.25, -0.2) is 4.99 Å². The van der Waals surface area contributed by atoms with Gasteiger partial charge in [0.05, 0.1) is 0 Å². The molecule has 0 radical (unpaired) electrons. The molecular weight excluding hydrogens is 282 g/mol. The van der Waals surface area contributed by atoms with Crippen LogP contribution < -0.4 is 10.6 Å². The van der Waals surface area contributed by atoms with Crippen molar-refractivity contribution >= 4 is 33.2 Å². The quantitative estimate of drug-likeness (QED) is 0.882. The monoisotopic (exact) mass is 295 g/mol. The zero-order valence-electron chi connectivity index (χ0n) is 11.7. The third-order valence-corrected chi connectivity index (χ3v) is 3.81. The zero-order chi connectivity index (χ0) is 15.4. The fourth-order valence-electron chi connectivity index (χ4n) is 1.73. The molecule has 0 amide bonds. The molecule has 0 saturated carbocycles. The number of hydrogen-bond donors (Lipinski definition) is 1. The summed E-state index contributed by atoms with van der Waals surface area (Å²) in [5.74, 6) is 0. The van der Waals surface area contributed by atoms with E-state index in [0.717, 1.165) is 22.6 Å². The van der Waals surface area contributed by atoms with Gasteiger partial charge in [-0.3, -0.25) is 0 Å². The van der Waals surface area contributed by atoms with Crippen molar-refractivity contribution in [1.82, 2.24) is 0 Å². The number of benzene rings is 1. The summed E-state index contributed by atoms with van der Waals surface area (Å²) in [6.45, 7) is 0. The largest absolute Gasteiger partial charge is 0.389 e. The van der Waals surface area contributed by atoms with Crippen molar-refractivity contribution in [3.63, 3.8) is 0 Å². The van der Waals surface area contributed by atoms with E-state index in [9.17, 15) is 0 Å². The highest BCUT2D eigenvalue weighted by atomic mass is 32.1. The van der Waals surface area contributed by atoms with Crippen LogP contribution in [0.3, 0.4) is 0 Å². The van der Waals surface area contributed by atoms with Crippen molar-refractivity contribution < 1.29 is 0 Å². The van der Waals surface area contributed by atoms with Gasteiger partial charge < -0.3 is 10.6 Å². The van der Waals surface area contributed by atoms with Crippen molar-refractivity contribution in [1.29, 1.82) is 10.5 Å². The minimum atomic E-state index is 0.206. The molecule has 1 aromatic carbocycles. The molecule has 2 N–H and O–H groups in total. The number of nitrogens with zero attached hydrogens (tertiary/aromatic N) is 4. The summed E-state index contributed by atoms with van der Waals surface area (Å²) in [5, 5.41) is 18.9. The first kappa shape index (κ1) is 14.6. The van der Waals surface area contributed by atoms with Gasteiger partial charge in [-0.05, 0) is 17.7 Å². The molecule has 0 saturated heterocycles. The Morgan fingerprint density at radius 1 is 1.14 bits per heavy atom. The highest BCUT2D eigenvalue weighted by Gasteiger charge is 2.15. The van der Waals surface area contributed by atoms with Gasteiger partial charge in [-0.2, -0.15) is 10.5 Å². The summed E-state index contributed by atoms with van der Waals surface area (Å²) in [6.07, 6.45) is 1.66. The van der Waals surface area contributed by atoms with E-state index < -0.39 is 0 Å². The van der Waals surface area contributed by atoms with Gasteiger partial charge in [-0.1, -0.05) is 23.5 Å². The van der Waals surface area contributed by atoms with Crippen molar-refractivity contribution in [3.8, 4) is 12.1 Å². The van der Waals surface area contributed by atoms with E-state index in [1.807, 2.05) is 55.4 Å². The minimum Gasteiger partial charge on any atom is -0.389 e. The molecular formula is C15H13N5S. The van der Waals surface area contributed by atoms with Gasteiger partial charge >= 0.3 is 0 Å². The number of rotatable bonds is 3. The molecule has 2 rings (SSSR count). The smallest absolute Gasteiger partial charge is 0.137 e. The van der Waals surface area contributed by atoms with E-state index in [-0.39, 0.29) is 11.1 Å². The van der Waals surface area contributed by atoms with Crippen LogP contribution in [0.25, 0.3) is 0 Å². The third-order valence-electron chi connectivity index (χ3n) is 2.88. The highest BCUT2D eigenvalue weighted by molar-refractivity contribution is 7.20. The van der Waals surface area contributed by atoms with E-state index in [1.54, 1.807) is 6.21 Å². The van der Waals surface area contributed by atoms with Crippen LogP contribution in [0.1, 0.15) is 16.7 Å². The van der Waals surface area contributed by atoms with Crippen LogP contribution in [0, 0.1) is 22.7 Å². The first-order valence-corrected chi connectivity index (χ1v) is 6.92. The number of anilines is 2. The second kappa shape index (κ2) is 6.08. The summed E-state index contributed by atoms with van der Waals surface area (Å²) < 4.78 is 0. The number of nitriles is 2. The molecule has 0 unspecified atom stereocenters. The first-order chi connectivity index (χ1) is 10.1. The van der Waals surface area contributed by atoms with Crippen LogP contribution in [0.5, 0.6) is 0 Å². The molecule has 0 aliphatic rings. The maximum atomic E-state index is 9.11. The lowest BCUT2D eigenvalue weighted by Gasteiger charge is -2.11. The number of nitrogen functional groups attached to an aromatic ring is 1. The maximum Gasteiger partial charge on any atom is 0.137 e. The Labute approximate surface area is 127 Å². The molecule has 0 spiro atoms. The van der Waals surface area contributed by atoms with Crippen LogP contribution in [0.2, 0.25) is 0 Å². The number of thiophene rings is 1. The molecule has 2 aromatic rings. The lowest BCUT2D eigenvalue weighted by molar-refractivity contribution is 1.13.